The minimum Gasteiger partial charge on any atom is -0.494 e. The van der Waals surface area contributed by atoms with E-state index in [1.807, 2.05) is 42.5 Å². The lowest BCUT2D eigenvalue weighted by molar-refractivity contribution is -0.127. The maximum Gasteiger partial charge on any atom is 0.221 e. The molecule has 33 heavy (non-hydrogen) atoms. The van der Waals surface area contributed by atoms with Crippen LogP contribution in [0.3, 0.4) is 0 Å². The van der Waals surface area contributed by atoms with Crippen molar-refractivity contribution in [3.05, 3.63) is 42.0 Å². The highest BCUT2D eigenvalue weighted by molar-refractivity contribution is 5.98. The van der Waals surface area contributed by atoms with Gasteiger partial charge in [-0.25, -0.2) is 0 Å². The molecule has 0 radical (unpaired) electrons. The Labute approximate surface area is 197 Å². The van der Waals surface area contributed by atoms with E-state index in [0.29, 0.717) is 6.61 Å². The largest absolute Gasteiger partial charge is 0.494 e. The van der Waals surface area contributed by atoms with E-state index in [4.69, 9.17) is 10.00 Å². The number of carbonyl (C=O) groups excluding carboxylic acids is 2. The molecule has 1 N–H and O–H groups in total. The first-order valence-electron chi connectivity index (χ1n) is 12.2. The van der Waals surface area contributed by atoms with Gasteiger partial charge in [-0.1, -0.05) is 57.6 Å². The Kier molecular flexibility index (Phi) is 9.24. The highest BCUT2D eigenvalue weighted by Gasteiger charge is 2.48. The second kappa shape index (κ2) is 12.3. The summed E-state index contributed by atoms with van der Waals surface area (Å²) in [5.41, 5.74) is -0.114. The van der Waals surface area contributed by atoms with Gasteiger partial charge in [0.05, 0.1) is 12.7 Å². The topological polar surface area (TPSA) is 91.5 Å². The lowest BCUT2D eigenvalue weighted by Crippen LogP contribution is -2.48. The monoisotopic (exact) mass is 449 g/mol. The number of Topliss-reactive ketones (excluding diaryl/α,β-unsaturated/α-hetero) is 1. The zero-order chi connectivity index (χ0) is 23.5. The van der Waals surface area contributed by atoms with Crippen LogP contribution in [0, 0.1) is 23.2 Å². The molecule has 6 nitrogen and oxygen atoms in total. The summed E-state index contributed by atoms with van der Waals surface area (Å²) in [6, 6.07) is 9.64. The van der Waals surface area contributed by atoms with Crippen molar-refractivity contribution in [2.45, 2.75) is 70.3 Å². The number of nitrogens with one attached hydrogen (secondary N) is 1. The Hall–Kier alpha value is -2.94. The molecular weight excluding hydrogens is 414 g/mol. The van der Waals surface area contributed by atoms with Crippen molar-refractivity contribution in [3.63, 3.8) is 0 Å². The molecule has 1 amide bonds. The lowest BCUT2D eigenvalue weighted by Gasteiger charge is -2.39. The molecule has 6 heteroatoms. The highest BCUT2D eigenvalue weighted by Crippen LogP contribution is 2.42. The number of allylic oxidation sites excluding steroid dienone is 1. The molecule has 1 aliphatic heterocycles. The molecule has 0 saturated heterocycles. The second-order valence-corrected chi connectivity index (χ2v) is 9.05. The summed E-state index contributed by atoms with van der Waals surface area (Å²) in [4.78, 5) is 31.0. The summed E-state index contributed by atoms with van der Waals surface area (Å²) in [7, 11) is 0. The average Bonchev–Trinajstić information content (AvgIpc) is 3.34. The normalized spacial score (nSPS) is 20.8. The van der Waals surface area contributed by atoms with Crippen molar-refractivity contribution in [3.8, 4) is 11.8 Å². The van der Waals surface area contributed by atoms with E-state index in [9.17, 15) is 9.59 Å². The number of rotatable bonds is 12. The maximum absolute atomic E-state index is 13.7. The summed E-state index contributed by atoms with van der Waals surface area (Å²) >= 11 is 0. The third-order valence-electron chi connectivity index (χ3n) is 6.78. The van der Waals surface area contributed by atoms with Crippen molar-refractivity contribution < 1.29 is 14.3 Å². The van der Waals surface area contributed by atoms with Gasteiger partial charge in [0, 0.05) is 25.0 Å². The van der Waals surface area contributed by atoms with Crippen molar-refractivity contribution in [2.24, 2.45) is 16.8 Å². The number of nitriles is 1. The van der Waals surface area contributed by atoms with Crippen molar-refractivity contribution in [1.29, 1.82) is 5.26 Å². The van der Waals surface area contributed by atoms with Crippen LogP contribution in [0.1, 0.15) is 63.9 Å². The van der Waals surface area contributed by atoms with Gasteiger partial charge in [-0.15, -0.1) is 0 Å². The Morgan fingerprint density at radius 1 is 1.24 bits per heavy atom. The maximum atomic E-state index is 13.7. The van der Waals surface area contributed by atoms with Gasteiger partial charge < -0.3 is 10.1 Å². The van der Waals surface area contributed by atoms with E-state index in [1.54, 1.807) is 6.21 Å². The predicted molar refractivity (Wildman–Crippen MR) is 129 cm³/mol. The van der Waals surface area contributed by atoms with Gasteiger partial charge in [-0.05, 0) is 42.2 Å². The van der Waals surface area contributed by atoms with Crippen LogP contribution in [0.15, 0.2) is 41.4 Å². The fourth-order valence-corrected chi connectivity index (χ4v) is 4.98. The number of nitrogens with zero attached hydrogens (tertiary/aromatic N) is 2. The average molecular weight is 450 g/mol. The summed E-state index contributed by atoms with van der Waals surface area (Å²) in [6.07, 6.45) is 13.3. The van der Waals surface area contributed by atoms with Crippen LogP contribution in [0.2, 0.25) is 0 Å². The number of carbonyl (C=O) groups is 2. The first-order valence-corrected chi connectivity index (χ1v) is 12.2. The van der Waals surface area contributed by atoms with Gasteiger partial charge in [-0.2, -0.15) is 5.26 Å². The third-order valence-corrected chi connectivity index (χ3v) is 6.78. The van der Waals surface area contributed by atoms with Crippen LogP contribution in [-0.4, -0.2) is 36.6 Å². The van der Waals surface area contributed by atoms with Crippen LogP contribution in [0.25, 0.3) is 0 Å². The first kappa shape index (κ1) is 24.7. The molecule has 176 valence electrons. The zero-order valence-electron chi connectivity index (χ0n) is 19.6. The molecule has 3 rings (SSSR count). The van der Waals surface area contributed by atoms with Crippen LogP contribution >= 0.6 is 0 Å². The SMILES string of the molecule is CCCCOc1ccc(CC(=O)C2(C(CC(=O)NCC#N)C3CCCCC3)C=CC=N2)cc1. The van der Waals surface area contributed by atoms with Crippen LogP contribution in [-0.2, 0) is 16.0 Å². The number of unbranched alkanes of at least 4 members (excludes halogenated alkanes) is 1. The minimum absolute atomic E-state index is 0.0100. The van der Waals surface area contributed by atoms with E-state index < -0.39 is 5.54 Å². The molecule has 0 spiro atoms. The standard InChI is InChI=1S/C27H35N3O3/c1-2-3-18-33-23-12-10-21(11-13-23)19-25(31)27(14-7-16-30-27)24(20-26(32)29-17-15-28)22-8-5-4-6-9-22/h7,10-14,16,22,24H,2-6,8-9,17-20H2,1H3,(H,29,32). The number of hydrogen-bond donors (Lipinski definition) is 1. The zero-order valence-corrected chi connectivity index (χ0v) is 19.6. The van der Waals surface area contributed by atoms with Gasteiger partial charge >= 0.3 is 0 Å². The number of ether oxygens (including phenoxy) is 1. The quantitative estimate of drug-likeness (QED) is 0.373. The molecule has 1 aliphatic carbocycles. The summed E-state index contributed by atoms with van der Waals surface area (Å²) in [6.45, 7) is 2.79. The van der Waals surface area contributed by atoms with Crippen molar-refractivity contribution >= 4 is 17.9 Å². The molecular formula is C27H35N3O3. The van der Waals surface area contributed by atoms with Gasteiger partial charge in [0.2, 0.25) is 5.91 Å². The fourth-order valence-electron chi connectivity index (χ4n) is 4.98. The van der Waals surface area contributed by atoms with Crippen molar-refractivity contribution in [2.75, 3.05) is 13.2 Å². The van der Waals surface area contributed by atoms with Crippen LogP contribution < -0.4 is 10.1 Å². The number of benzene rings is 1. The third kappa shape index (κ3) is 6.54. The van der Waals surface area contributed by atoms with Gasteiger partial charge in [-0.3, -0.25) is 14.6 Å². The Balaban J connectivity index is 1.78. The van der Waals surface area contributed by atoms with Gasteiger partial charge in [0.25, 0.3) is 0 Å². The first-order chi connectivity index (χ1) is 16.1. The number of hydrogen-bond acceptors (Lipinski definition) is 5. The molecule has 0 bridgehead atoms. The van der Waals surface area contributed by atoms with Crippen molar-refractivity contribution in [1.82, 2.24) is 5.32 Å². The lowest BCUT2D eigenvalue weighted by atomic mass is 9.66. The van der Waals surface area contributed by atoms with Crippen LogP contribution in [0.4, 0.5) is 0 Å². The molecule has 1 aromatic rings. The fraction of sp³-hybridized carbons (Fsp3) is 0.556. The molecule has 2 unspecified atom stereocenters. The van der Waals surface area contributed by atoms with E-state index >= 15 is 0 Å². The van der Waals surface area contributed by atoms with Crippen LogP contribution in [0.5, 0.6) is 5.75 Å². The Morgan fingerprint density at radius 3 is 2.64 bits per heavy atom. The van der Waals surface area contributed by atoms with Gasteiger partial charge in [0.1, 0.15) is 17.8 Å². The summed E-state index contributed by atoms with van der Waals surface area (Å²) < 4.78 is 5.73. The highest BCUT2D eigenvalue weighted by atomic mass is 16.5. The molecule has 0 aromatic heterocycles. The predicted octanol–water partition coefficient (Wildman–Crippen LogP) is 4.58. The summed E-state index contributed by atoms with van der Waals surface area (Å²) in [5, 5.41) is 11.5. The molecule has 1 fully saturated rings. The number of aliphatic imine (C=N–C) groups is 1. The summed E-state index contributed by atoms with van der Waals surface area (Å²) in [5.74, 6) is 0.669. The smallest absolute Gasteiger partial charge is 0.221 e. The number of amides is 1. The molecule has 2 aliphatic rings. The van der Waals surface area contributed by atoms with E-state index in [0.717, 1.165) is 49.8 Å². The molecule has 1 heterocycles. The minimum atomic E-state index is -1.03. The Morgan fingerprint density at radius 2 is 2.00 bits per heavy atom. The molecule has 2 atom stereocenters. The molecule has 1 aromatic carbocycles. The number of ketones is 1. The van der Waals surface area contributed by atoms with Gasteiger partial charge in [0.15, 0.2) is 5.78 Å². The van der Waals surface area contributed by atoms with E-state index in [1.165, 1.54) is 6.42 Å². The Bertz CT molecular complexity index is 880. The molecule has 1 saturated carbocycles. The second-order valence-electron chi connectivity index (χ2n) is 9.05. The van der Waals surface area contributed by atoms with E-state index in [2.05, 4.69) is 17.2 Å². The van der Waals surface area contributed by atoms with E-state index in [-0.39, 0.29) is 42.9 Å².